The molecule has 0 fully saturated rings. The number of hydrogen-bond donors (Lipinski definition) is 2. The first kappa shape index (κ1) is 12.2. The van der Waals surface area contributed by atoms with Crippen LogP contribution in [0.25, 0.3) is 0 Å². The quantitative estimate of drug-likeness (QED) is 0.887. The van der Waals surface area contributed by atoms with Gasteiger partial charge in [0, 0.05) is 5.54 Å². The van der Waals surface area contributed by atoms with E-state index in [4.69, 9.17) is 0 Å². The third kappa shape index (κ3) is 3.34. The highest BCUT2D eigenvalue weighted by Gasteiger charge is 2.18. The summed E-state index contributed by atoms with van der Waals surface area (Å²) in [6.45, 7) is 6.34. The van der Waals surface area contributed by atoms with Crippen LogP contribution in [0.5, 0.6) is 0 Å². The lowest BCUT2D eigenvalue weighted by molar-refractivity contribution is 0.510. The van der Waals surface area contributed by atoms with Crippen LogP contribution in [0.2, 0.25) is 0 Å². The molecular formula is C10H16BrN3O. The monoisotopic (exact) mass is 273 g/mol. The van der Waals surface area contributed by atoms with Crippen molar-refractivity contribution in [2.24, 2.45) is 0 Å². The molecule has 1 aromatic rings. The van der Waals surface area contributed by atoms with Crippen molar-refractivity contribution in [3.63, 3.8) is 0 Å². The summed E-state index contributed by atoms with van der Waals surface area (Å²) >= 11 is 3.24. The lowest BCUT2D eigenvalue weighted by Gasteiger charge is -2.27. The van der Waals surface area contributed by atoms with Gasteiger partial charge < -0.3 is 5.32 Å². The largest absolute Gasteiger partial charge is 0.378 e. The van der Waals surface area contributed by atoms with Crippen molar-refractivity contribution in [3.05, 3.63) is 21.0 Å². The summed E-state index contributed by atoms with van der Waals surface area (Å²) in [5.41, 5.74) is 0.483. The summed E-state index contributed by atoms with van der Waals surface area (Å²) < 4.78 is 0.502. The fraction of sp³-hybridized carbons (Fsp3) is 0.600. The number of rotatable bonds is 4. The fourth-order valence-corrected chi connectivity index (χ4v) is 1.81. The minimum absolute atomic E-state index is 0.0350. The third-order valence-electron chi connectivity index (χ3n) is 2.14. The molecule has 0 bridgehead atoms. The third-order valence-corrected chi connectivity index (χ3v) is 2.93. The number of halogens is 1. The SMILES string of the molecule is CCCC(C)(C)Nc1cn[nH]c(=O)c1Br. The molecule has 15 heavy (non-hydrogen) atoms. The Morgan fingerprint density at radius 2 is 2.27 bits per heavy atom. The summed E-state index contributed by atoms with van der Waals surface area (Å²) in [5, 5.41) is 9.42. The second kappa shape index (κ2) is 4.79. The molecule has 0 aliphatic rings. The predicted octanol–water partition coefficient (Wildman–Crippen LogP) is 2.52. The number of anilines is 1. The molecule has 0 saturated heterocycles. The van der Waals surface area contributed by atoms with Crippen molar-refractivity contribution in [2.45, 2.75) is 39.2 Å². The number of nitrogens with one attached hydrogen (secondary N) is 2. The zero-order chi connectivity index (χ0) is 11.5. The van der Waals surface area contributed by atoms with Crippen molar-refractivity contribution in [1.82, 2.24) is 10.2 Å². The molecule has 1 aromatic heterocycles. The van der Waals surface area contributed by atoms with Gasteiger partial charge in [0.1, 0.15) is 4.47 Å². The molecule has 84 valence electrons. The van der Waals surface area contributed by atoms with Gasteiger partial charge in [-0.3, -0.25) is 4.79 Å². The number of aromatic amines is 1. The van der Waals surface area contributed by atoms with Gasteiger partial charge in [0.05, 0.1) is 11.9 Å². The Labute approximate surface area is 97.6 Å². The van der Waals surface area contributed by atoms with Crippen LogP contribution in [0.4, 0.5) is 5.69 Å². The molecule has 5 heteroatoms. The Hall–Kier alpha value is -0.840. The van der Waals surface area contributed by atoms with Crippen LogP contribution in [0.15, 0.2) is 15.5 Å². The van der Waals surface area contributed by atoms with Gasteiger partial charge >= 0.3 is 0 Å². The van der Waals surface area contributed by atoms with E-state index in [1.54, 1.807) is 6.20 Å². The second-order valence-corrected chi connectivity index (χ2v) is 4.98. The normalized spacial score (nSPS) is 11.5. The molecule has 0 aromatic carbocycles. The average molecular weight is 274 g/mol. The maximum absolute atomic E-state index is 11.3. The van der Waals surface area contributed by atoms with Gasteiger partial charge in [-0.05, 0) is 36.2 Å². The van der Waals surface area contributed by atoms with Crippen molar-refractivity contribution in [2.75, 3.05) is 5.32 Å². The van der Waals surface area contributed by atoms with Crippen LogP contribution in [0.3, 0.4) is 0 Å². The first-order valence-electron chi connectivity index (χ1n) is 4.97. The second-order valence-electron chi connectivity index (χ2n) is 4.19. The average Bonchev–Trinajstić information content (AvgIpc) is 2.12. The zero-order valence-electron chi connectivity index (χ0n) is 9.22. The molecule has 0 unspecified atom stereocenters. The smallest absolute Gasteiger partial charge is 0.280 e. The van der Waals surface area contributed by atoms with E-state index in [1.807, 2.05) is 0 Å². The first-order chi connectivity index (χ1) is 6.96. The summed E-state index contributed by atoms with van der Waals surface area (Å²) in [6.07, 6.45) is 3.74. The molecular weight excluding hydrogens is 258 g/mol. The van der Waals surface area contributed by atoms with E-state index in [2.05, 4.69) is 52.2 Å². The summed E-state index contributed by atoms with van der Waals surface area (Å²) in [4.78, 5) is 11.3. The van der Waals surface area contributed by atoms with Gasteiger partial charge in [0.25, 0.3) is 5.56 Å². The standard InChI is InChI=1S/C10H16BrN3O/c1-4-5-10(2,3)13-7-6-12-14-9(15)8(7)11/h6H,4-5H2,1-3H3,(H2,13,14,15). The van der Waals surface area contributed by atoms with Crippen LogP contribution in [0.1, 0.15) is 33.6 Å². The summed E-state index contributed by atoms with van der Waals surface area (Å²) in [5.74, 6) is 0. The van der Waals surface area contributed by atoms with Crippen LogP contribution in [-0.4, -0.2) is 15.7 Å². The molecule has 1 rings (SSSR count). The molecule has 2 N–H and O–H groups in total. The zero-order valence-corrected chi connectivity index (χ0v) is 10.8. The highest BCUT2D eigenvalue weighted by atomic mass is 79.9. The van der Waals surface area contributed by atoms with Gasteiger partial charge in [0.2, 0.25) is 0 Å². The molecule has 0 saturated carbocycles. The lowest BCUT2D eigenvalue weighted by atomic mass is 9.99. The maximum Gasteiger partial charge on any atom is 0.280 e. The van der Waals surface area contributed by atoms with E-state index in [1.165, 1.54) is 0 Å². The van der Waals surface area contributed by atoms with Gasteiger partial charge in [-0.1, -0.05) is 13.3 Å². The maximum atomic E-state index is 11.3. The topological polar surface area (TPSA) is 57.8 Å². The Morgan fingerprint density at radius 3 is 2.87 bits per heavy atom. The summed E-state index contributed by atoms with van der Waals surface area (Å²) in [7, 11) is 0. The molecule has 0 aliphatic heterocycles. The number of aromatic nitrogens is 2. The Morgan fingerprint density at radius 1 is 1.60 bits per heavy atom. The number of hydrogen-bond acceptors (Lipinski definition) is 3. The summed E-state index contributed by atoms with van der Waals surface area (Å²) in [6, 6.07) is 0. The van der Waals surface area contributed by atoms with E-state index < -0.39 is 0 Å². The highest BCUT2D eigenvalue weighted by Crippen LogP contribution is 2.22. The van der Waals surface area contributed by atoms with Gasteiger partial charge in [0.15, 0.2) is 0 Å². The molecule has 0 aliphatic carbocycles. The van der Waals surface area contributed by atoms with Gasteiger partial charge in [-0.15, -0.1) is 0 Å². The van der Waals surface area contributed by atoms with Crippen molar-refractivity contribution in [3.8, 4) is 0 Å². The minimum atomic E-state index is -0.215. The van der Waals surface area contributed by atoms with Crippen LogP contribution in [-0.2, 0) is 0 Å². The number of nitrogens with zero attached hydrogens (tertiary/aromatic N) is 1. The lowest BCUT2D eigenvalue weighted by Crippen LogP contribution is -2.31. The molecule has 4 nitrogen and oxygen atoms in total. The van der Waals surface area contributed by atoms with E-state index in [9.17, 15) is 4.79 Å². The van der Waals surface area contributed by atoms with Crippen molar-refractivity contribution in [1.29, 1.82) is 0 Å². The number of H-pyrrole nitrogens is 1. The van der Waals surface area contributed by atoms with Crippen molar-refractivity contribution >= 4 is 21.6 Å². The Balaban J connectivity index is 2.90. The molecule has 0 spiro atoms. The van der Waals surface area contributed by atoms with E-state index >= 15 is 0 Å². The van der Waals surface area contributed by atoms with Gasteiger partial charge in [-0.25, -0.2) is 5.10 Å². The minimum Gasteiger partial charge on any atom is -0.378 e. The van der Waals surface area contributed by atoms with E-state index in [-0.39, 0.29) is 11.1 Å². The van der Waals surface area contributed by atoms with E-state index in [0.29, 0.717) is 4.47 Å². The van der Waals surface area contributed by atoms with Gasteiger partial charge in [-0.2, -0.15) is 5.10 Å². The highest BCUT2D eigenvalue weighted by molar-refractivity contribution is 9.10. The molecule has 1 heterocycles. The van der Waals surface area contributed by atoms with Crippen LogP contribution >= 0.6 is 15.9 Å². The van der Waals surface area contributed by atoms with Crippen LogP contribution < -0.4 is 10.9 Å². The fourth-order valence-electron chi connectivity index (χ4n) is 1.52. The van der Waals surface area contributed by atoms with Crippen molar-refractivity contribution < 1.29 is 0 Å². The van der Waals surface area contributed by atoms with Crippen LogP contribution in [0, 0.1) is 0 Å². The molecule has 0 amide bonds. The predicted molar refractivity (Wildman–Crippen MR) is 65.2 cm³/mol. The van der Waals surface area contributed by atoms with E-state index in [0.717, 1.165) is 18.5 Å². The molecule has 0 atom stereocenters. The Kier molecular flexibility index (Phi) is 3.90. The Bertz CT molecular complexity index is 386. The molecule has 0 radical (unpaired) electrons. The first-order valence-corrected chi connectivity index (χ1v) is 5.77.